The Bertz CT molecular complexity index is 1020. The molecule has 0 fully saturated rings. The SMILES string of the molecule is CCc1ccc2c(c1)=[C]([Zr+2])C1=C(C3=CC=CC3)C(C)(CC)C=C(C)C=21.[Cl-].[Cl-]. The van der Waals surface area contributed by atoms with Gasteiger partial charge in [-0.05, 0) is 0 Å². The first-order chi connectivity index (χ1) is 12.0. The predicted molar refractivity (Wildman–Crippen MR) is 103 cm³/mol. The summed E-state index contributed by atoms with van der Waals surface area (Å²) in [4.78, 5) is 0. The summed E-state index contributed by atoms with van der Waals surface area (Å²) in [5, 5.41) is 2.94. The zero-order valence-electron chi connectivity index (χ0n) is 16.4. The van der Waals surface area contributed by atoms with Crippen LogP contribution in [0.2, 0.25) is 0 Å². The van der Waals surface area contributed by atoms with Gasteiger partial charge in [-0.15, -0.1) is 0 Å². The van der Waals surface area contributed by atoms with E-state index >= 15 is 0 Å². The first-order valence-corrected chi connectivity index (χ1v) is 10.6. The molecule has 0 aromatic heterocycles. The molecule has 1 unspecified atom stereocenters. The number of hydrogen-bond acceptors (Lipinski definition) is 0. The monoisotopic (exact) mass is 473 g/mol. The van der Waals surface area contributed by atoms with E-state index in [4.69, 9.17) is 0 Å². The van der Waals surface area contributed by atoms with Crippen molar-refractivity contribution < 1.29 is 49.5 Å². The molecule has 3 heteroatoms. The molecule has 139 valence electrons. The van der Waals surface area contributed by atoms with Crippen LogP contribution in [0.5, 0.6) is 0 Å². The number of aryl methyl sites for hydroxylation is 1. The molecular weight excluding hydrogens is 450 g/mol. The van der Waals surface area contributed by atoms with Crippen molar-refractivity contribution in [1.29, 1.82) is 0 Å². The topological polar surface area (TPSA) is 0 Å². The number of rotatable bonds is 3. The molecule has 0 aliphatic heterocycles. The van der Waals surface area contributed by atoms with Gasteiger partial charge in [-0.2, -0.15) is 0 Å². The molecule has 3 aliphatic carbocycles. The van der Waals surface area contributed by atoms with Crippen molar-refractivity contribution in [3.63, 3.8) is 0 Å². The molecule has 27 heavy (non-hydrogen) atoms. The number of hydrogen-bond donors (Lipinski definition) is 0. The summed E-state index contributed by atoms with van der Waals surface area (Å²) in [6, 6.07) is 7.12. The fourth-order valence-electron chi connectivity index (χ4n) is 4.64. The van der Waals surface area contributed by atoms with E-state index in [0.29, 0.717) is 0 Å². The number of fused-ring (bicyclic) bond motifs is 2. The van der Waals surface area contributed by atoms with E-state index in [1.165, 1.54) is 57.4 Å². The van der Waals surface area contributed by atoms with Crippen LogP contribution >= 0.6 is 0 Å². The molecule has 1 atom stereocenters. The van der Waals surface area contributed by atoms with Crippen LogP contribution in [-0.2, 0) is 31.1 Å². The van der Waals surface area contributed by atoms with Crippen molar-refractivity contribution in [1.82, 2.24) is 0 Å². The number of allylic oxidation sites excluding steroid dienone is 8. The summed E-state index contributed by atoms with van der Waals surface area (Å²) in [5.74, 6) is 0. The Morgan fingerprint density at radius 1 is 1.07 bits per heavy atom. The van der Waals surface area contributed by atoms with E-state index in [0.717, 1.165) is 19.3 Å². The molecule has 1 aromatic rings. The Kier molecular flexibility index (Phi) is 7.05. The molecule has 3 aliphatic rings. The number of benzene rings is 1. The van der Waals surface area contributed by atoms with Crippen LogP contribution < -0.4 is 35.3 Å². The largest absolute Gasteiger partial charge is 1.00 e. The van der Waals surface area contributed by atoms with E-state index in [9.17, 15) is 0 Å². The second-order valence-corrected chi connectivity index (χ2v) is 8.89. The third-order valence-electron chi connectivity index (χ3n) is 6.11. The average molecular weight is 476 g/mol. The molecule has 0 saturated carbocycles. The molecule has 1 aromatic carbocycles. The Morgan fingerprint density at radius 2 is 1.81 bits per heavy atom. The van der Waals surface area contributed by atoms with Gasteiger partial charge in [0, 0.05) is 0 Å². The minimum absolute atomic E-state index is 0. The number of halogens is 2. The summed E-state index contributed by atoms with van der Waals surface area (Å²) in [6.45, 7) is 9.32. The Labute approximate surface area is 190 Å². The Hall–Kier alpha value is -0.617. The smallest absolute Gasteiger partial charge is 1.00 e. The van der Waals surface area contributed by atoms with Gasteiger partial charge in [-0.1, -0.05) is 0 Å². The van der Waals surface area contributed by atoms with Gasteiger partial charge in [0.1, 0.15) is 0 Å². The van der Waals surface area contributed by atoms with Crippen LogP contribution in [0, 0.1) is 5.41 Å². The molecule has 0 heterocycles. The molecule has 0 N–H and O–H groups in total. The normalized spacial score (nSPS) is 22.7. The summed E-state index contributed by atoms with van der Waals surface area (Å²) in [5.41, 5.74) is 9.20. The Morgan fingerprint density at radius 3 is 2.41 bits per heavy atom. The standard InChI is InChI=1S/C24H25.2ClH.Zr/c1-5-17-11-12-20-19(13-17)14-21-22(20)16(3)15-24(4,6-2)23(21)18-9-7-8-10-18;;;/h7-9,11-13,15H,5-6,10H2,1-4H3;2*1H;/q;;;+2/p-2. The molecule has 0 radical (unpaired) electrons. The zero-order valence-corrected chi connectivity index (χ0v) is 20.4. The summed E-state index contributed by atoms with van der Waals surface area (Å²) < 4.78 is 1.56. The minimum atomic E-state index is 0. The summed E-state index contributed by atoms with van der Waals surface area (Å²) in [7, 11) is 0. The van der Waals surface area contributed by atoms with Crippen LogP contribution in [0.25, 0.3) is 8.85 Å². The van der Waals surface area contributed by atoms with E-state index in [1.807, 2.05) is 0 Å². The van der Waals surface area contributed by atoms with Gasteiger partial charge in [-0.25, -0.2) is 0 Å². The van der Waals surface area contributed by atoms with Crippen molar-refractivity contribution >= 4 is 8.85 Å². The molecule has 4 rings (SSSR count). The van der Waals surface area contributed by atoms with E-state index in [2.05, 4.69) is 70.2 Å². The second kappa shape index (κ2) is 8.40. The fourth-order valence-corrected chi connectivity index (χ4v) is 5.76. The van der Waals surface area contributed by atoms with E-state index < -0.39 is 0 Å². The fraction of sp³-hybridized carbons (Fsp3) is 0.333. The predicted octanol–water partition coefficient (Wildman–Crippen LogP) is -1.36. The summed E-state index contributed by atoms with van der Waals surface area (Å²) in [6.07, 6.45) is 12.7. The quantitative estimate of drug-likeness (QED) is 0.507. The Balaban J connectivity index is 0.00000131. The van der Waals surface area contributed by atoms with Gasteiger partial charge in [0.05, 0.1) is 0 Å². The molecule has 0 spiro atoms. The van der Waals surface area contributed by atoms with Crippen molar-refractivity contribution in [2.75, 3.05) is 0 Å². The van der Waals surface area contributed by atoms with Gasteiger partial charge < -0.3 is 24.8 Å². The maximum atomic E-state index is 2.53. The van der Waals surface area contributed by atoms with Crippen molar-refractivity contribution in [3.8, 4) is 0 Å². The van der Waals surface area contributed by atoms with Gasteiger partial charge in [0.15, 0.2) is 0 Å². The maximum Gasteiger partial charge on any atom is -1.00 e. The zero-order chi connectivity index (χ0) is 17.8. The first kappa shape index (κ1) is 22.7. The summed E-state index contributed by atoms with van der Waals surface area (Å²) >= 11 is 1.53. The van der Waals surface area contributed by atoms with Gasteiger partial charge in [-0.3, -0.25) is 0 Å². The van der Waals surface area contributed by atoms with Crippen LogP contribution in [0.3, 0.4) is 0 Å². The van der Waals surface area contributed by atoms with Crippen LogP contribution in [0.4, 0.5) is 0 Å². The van der Waals surface area contributed by atoms with Gasteiger partial charge in [0.2, 0.25) is 0 Å². The molecule has 0 bridgehead atoms. The van der Waals surface area contributed by atoms with Crippen LogP contribution in [0.1, 0.15) is 46.1 Å². The molecule has 0 nitrogen and oxygen atoms in total. The van der Waals surface area contributed by atoms with E-state index in [1.54, 1.807) is 14.4 Å². The first-order valence-electron chi connectivity index (χ1n) is 9.40. The average Bonchev–Trinajstić information content (AvgIpc) is 3.23. The molecular formula is C24H25Cl2Zr. The van der Waals surface area contributed by atoms with Crippen molar-refractivity contribution in [3.05, 3.63) is 80.8 Å². The maximum absolute atomic E-state index is 2.53. The van der Waals surface area contributed by atoms with Crippen LogP contribution in [-0.4, -0.2) is 0 Å². The minimum Gasteiger partial charge on any atom is -1.00 e. The van der Waals surface area contributed by atoms with E-state index in [-0.39, 0.29) is 30.2 Å². The third kappa shape index (κ3) is 3.45. The van der Waals surface area contributed by atoms with Gasteiger partial charge in [0.25, 0.3) is 0 Å². The van der Waals surface area contributed by atoms with Crippen LogP contribution in [0.15, 0.2) is 64.8 Å². The third-order valence-corrected chi connectivity index (χ3v) is 7.38. The molecule has 0 amide bonds. The van der Waals surface area contributed by atoms with Gasteiger partial charge >= 0.3 is 167 Å². The van der Waals surface area contributed by atoms with Crippen molar-refractivity contribution in [2.24, 2.45) is 5.41 Å². The molecule has 0 saturated heterocycles. The second-order valence-electron chi connectivity index (χ2n) is 7.66. The van der Waals surface area contributed by atoms with Crippen molar-refractivity contribution in [2.45, 2.75) is 47.0 Å².